The topological polar surface area (TPSA) is 444 Å². The third-order valence-electron chi connectivity index (χ3n) is 10.3. The highest BCUT2D eigenvalue weighted by molar-refractivity contribution is 5.73. The molecule has 344 valence electrons. The van der Waals surface area contributed by atoms with Crippen molar-refractivity contribution in [2.75, 3.05) is 33.0 Å². The van der Waals surface area contributed by atoms with Crippen LogP contribution in [-0.2, 0) is 47.5 Å². The number of carbonyl (C=O) groups excluding carboxylic acids is 2. The highest BCUT2D eigenvalue weighted by Gasteiger charge is 2.57. The third kappa shape index (κ3) is 11.0. The Morgan fingerprint density at radius 2 is 1.02 bits per heavy atom. The lowest BCUT2D eigenvalue weighted by Crippen LogP contribution is -2.70. The van der Waals surface area contributed by atoms with Crippen molar-refractivity contribution >= 4 is 12.2 Å². The fourth-order valence-electron chi connectivity index (χ4n) is 6.87. The first kappa shape index (κ1) is 49.8. The minimum Gasteiger partial charge on any atom is -0.394 e. The van der Waals surface area contributed by atoms with E-state index >= 15 is 0 Å². The van der Waals surface area contributed by atoms with Crippen LogP contribution < -0.4 is 5.32 Å². The number of hydrogen-bond donors (Lipinski definition) is 17. The lowest BCUT2D eigenvalue weighted by atomic mass is 9.94. The molecule has 4 aliphatic heterocycles. The van der Waals surface area contributed by atoms with Crippen molar-refractivity contribution in [1.82, 2.24) is 5.32 Å². The molecule has 4 rings (SSSR count). The molecule has 0 saturated carbocycles. The second kappa shape index (κ2) is 22.0. The molecule has 0 bridgehead atoms. The zero-order chi connectivity index (χ0) is 44.0. The first-order valence-electron chi connectivity index (χ1n) is 18.4. The largest absolute Gasteiger partial charge is 0.394 e. The summed E-state index contributed by atoms with van der Waals surface area (Å²) in [5.74, 6) is -0.818. The van der Waals surface area contributed by atoms with E-state index in [1.54, 1.807) is 0 Å². The normalized spacial score (nSPS) is 45.2. The van der Waals surface area contributed by atoms with E-state index in [0.717, 1.165) is 6.92 Å². The summed E-state index contributed by atoms with van der Waals surface area (Å²) >= 11 is 0. The van der Waals surface area contributed by atoms with E-state index in [9.17, 15) is 91.3 Å². The van der Waals surface area contributed by atoms with Crippen LogP contribution in [0.4, 0.5) is 0 Å². The number of amides is 1. The molecule has 59 heavy (non-hydrogen) atoms. The summed E-state index contributed by atoms with van der Waals surface area (Å²) in [4.78, 5) is 24.3. The van der Waals surface area contributed by atoms with Gasteiger partial charge in [-0.15, -0.1) is 0 Å². The van der Waals surface area contributed by atoms with Crippen LogP contribution in [0.5, 0.6) is 0 Å². The summed E-state index contributed by atoms with van der Waals surface area (Å²) < 4.78 is 45.7. The SMILES string of the molecule is CC(=O)N[C@H]1[C@@H](O[C@@H]2[C@@H](O[C@@H]3[C@@H](O[C@H](C=O)[C@@H](O)[C@H](O)[C@H](O)CO)O[C@H](CO)[C@@H](O)[C@@H]3O)O[C@H](CO)[C@@H](O)[C@@H]2O[C@H]2O[C@H](CO)[C@@H](O)[C@H](O)[C@@H]2O)O[C@H](CO)[C@@H](O)[C@@H]1O. The maximum absolute atomic E-state index is 12.2. The zero-order valence-corrected chi connectivity index (χ0v) is 31.2. The fraction of sp³-hybridized carbons (Fsp3) is 0.938. The average Bonchev–Trinajstić information content (AvgIpc) is 3.22. The van der Waals surface area contributed by atoms with Crippen LogP contribution in [0.15, 0.2) is 0 Å². The maximum atomic E-state index is 12.2. The van der Waals surface area contributed by atoms with Gasteiger partial charge in [0.15, 0.2) is 31.4 Å². The minimum absolute atomic E-state index is 0.0881. The molecular weight excluding hydrogens is 814 g/mol. The van der Waals surface area contributed by atoms with Crippen molar-refractivity contribution < 1.29 is 129 Å². The summed E-state index contributed by atoms with van der Waals surface area (Å²) in [6, 6.07) is -1.71. The summed E-state index contributed by atoms with van der Waals surface area (Å²) in [6.07, 6.45) is -46.4. The lowest BCUT2D eigenvalue weighted by Gasteiger charge is -2.51. The molecule has 4 heterocycles. The molecule has 0 unspecified atom stereocenters. The molecule has 4 saturated heterocycles. The lowest BCUT2D eigenvalue weighted by molar-refractivity contribution is -0.406. The van der Waals surface area contributed by atoms with Gasteiger partial charge in [0.2, 0.25) is 5.91 Å². The zero-order valence-electron chi connectivity index (χ0n) is 31.2. The van der Waals surface area contributed by atoms with Crippen molar-refractivity contribution in [3.8, 4) is 0 Å². The Morgan fingerprint density at radius 1 is 0.559 bits per heavy atom. The van der Waals surface area contributed by atoms with Gasteiger partial charge in [0.05, 0.1) is 33.0 Å². The molecular formula is C32H55NO26. The standard InChI is InChI=1S/C32H55NO26/c1-8(40)33-15-22(48)18(44)11(4-36)52-29(15)59-28-26(57-30-25(51)23(49)19(45)12(5-37)53-30)21(47)14(7-39)56-32(28)58-27-24(50)20(46)13(6-38)55-31(27)54-10(3-35)17(43)16(42)9(41)2-34/h3,9-32,34,36-39,41-51H,2,4-7H2,1H3,(H,33,40)/t9-,10-,11-,12-,13-,14-,15-,16-,17-,18-,19-,20-,21-,22-,23+,24+,25+,26+,27+,28+,29-,30-,31+,32-/m1/s1. The van der Waals surface area contributed by atoms with Crippen molar-refractivity contribution in [3.05, 3.63) is 0 Å². The van der Waals surface area contributed by atoms with Gasteiger partial charge in [-0.3, -0.25) is 4.79 Å². The van der Waals surface area contributed by atoms with E-state index in [-0.39, 0.29) is 6.29 Å². The quantitative estimate of drug-likeness (QED) is 0.0569. The summed E-state index contributed by atoms with van der Waals surface area (Å²) in [7, 11) is 0. The molecule has 24 atom stereocenters. The first-order chi connectivity index (χ1) is 27.9. The fourth-order valence-corrected chi connectivity index (χ4v) is 6.87. The second-order valence-electron chi connectivity index (χ2n) is 14.3. The summed E-state index contributed by atoms with van der Waals surface area (Å²) in [5, 5.41) is 169. The molecule has 27 heteroatoms. The minimum atomic E-state index is -2.31. The number of aliphatic hydroxyl groups excluding tert-OH is 16. The highest BCUT2D eigenvalue weighted by atomic mass is 16.8. The Hall–Kier alpha value is -1.82. The van der Waals surface area contributed by atoms with Crippen LogP contribution >= 0.6 is 0 Å². The smallest absolute Gasteiger partial charge is 0.217 e. The van der Waals surface area contributed by atoms with E-state index in [2.05, 4.69) is 5.32 Å². The number of ether oxygens (including phenoxy) is 8. The van der Waals surface area contributed by atoms with E-state index in [1.165, 1.54) is 0 Å². The van der Waals surface area contributed by atoms with Crippen LogP contribution in [0.1, 0.15) is 6.92 Å². The van der Waals surface area contributed by atoms with Gasteiger partial charge in [-0.2, -0.15) is 0 Å². The molecule has 1 amide bonds. The van der Waals surface area contributed by atoms with Gasteiger partial charge >= 0.3 is 0 Å². The van der Waals surface area contributed by atoms with E-state index in [0.29, 0.717) is 0 Å². The Bertz CT molecular complexity index is 1310. The van der Waals surface area contributed by atoms with Gasteiger partial charge in [-0.25, -0.2) is 0 Å². The molecule has 0 spiro atoms. The van der Waals surface area contributed by atoms with Crippen LogP contribution in [0.25, 0.3) is 0 Å². The van der Waals surface area contributed by atoms with Gasteiger partial charge in [0.1, 0.15) is 122 Å². The van der Waals surface area contributed by atoms with Crippen LogP contribution in [0.3, 0.4) is 0 Å². The third-order valence-corrected chi connectivity index (χ3v) is 10.3. The molecule has 27 nitrogen and oxygen atoms in total. The number of rotatable bonds is 18. The molecule has 17 N–H and O–H groups in total. The Morgan fingerprint density at radius 3 is 1.54 bits per heavy atom. The predicted molar refractivity (Wildman–Crippen MR) is 179 cm³/mol. The number of hydrogen-bond acceptors (Lipinski definition) is 26. The second-order valence-corrected chi connectivity index (χ2v) is 14.3. The van der Waals surface area contributed by atoms with Gasteiger partial charge in [0.25, 0.3) is 0 Å². The number of carbonyl (C=O) groups is 2. The molecule has 4 aliphatic rings. The highest BCUT2D eigenvalue weighted by Crippen LogP contribution is 2.36. The average molecular weight is 870 g/mol. The number of nitrogens with one attached hydrogen (secondary N) is 1. The summed E-state index contributed by atoms with van der Waals surface area (Å²) in [5.41, 5.74) is 0. The van der Waals surface area contributed by atoms with Crippen LogP contribution in [-0.4, -0.2) is 274 Å². The molecule has 0 aliphatic carbocycles. The maximum Gasteiger partial charge on any atom is 0.217 e. The molecule has 0 aromatic rings. The van der Waals surface area contributed by atoms with Crippen molar-refractivity contribution in [1.29, 1.82) is 0 Å². The Kier molecular flexibility index (Phi) is 18.6. The predicted octanol–water partition coefficient (Wildman–Crippen LogP) is -11.9. The van der Waals surface area contributed by atoms with Gasteiger partial charge in [0, 0.05) is 6.92 Å². The number of aldehydes is 1. The van der Waals surface area contributed by atoms with Crippen molar-refractivity contribution in [2.24, 2.45) is 0 Å². The molecule has 4 fully saturated rings. The van der Waals surface area contributed by atoms with Crippen LogP contribution in [0, 0.1) is 0 Å². The van der Waals surface area contributed by atoms with Crippen molar-refractivity contribution in [3.63, 3.8) is 0 Å². The van der Waals surface area contributed by atoms with Crippen LogP contribution in [0.2, 0.25) is 0 Å². The van der Waals surface area contributed by atoms with Crippen molar-refractivity contribution in [2.45, 2.75) is 154 Å². The molecule has 0 radical (unpaired) electrons. The van der Waals surface area contributed by atoms with E-state index < -0.39 is 186 Å². The summed E-state index contributed by atoms with van der Waals surface area (Å²) in [6.45, 7) is -4.04. The monoisotopic (exact) mass is 869 g/mol. The van der Waals surface area contributed by atoms with Gasteiger partial charge < -0.3 is 130 Å². The molecule has 0 aromatic carbocycles. The van der Waals surface area contributed by atoms with E-state index in [1.807, 2.05) is 0 Å². The first-order valence-corrected chi connectivity index (χ1v) is 18.4. The van der Waals surface area contributed by atoms with E-state index in [4.69, 9.17) is 37.9 Å². The Balaban J connectivity index is 1.80. The van der Waals surface area contributed by atoms with Gasteiger partial charge in [-0.05, 0) is 0 Å². The number of aliphatic hydroxyl groups is 16. The van der Waals surface area contributed by atoms with Gasteiger partial charge in [-0.1, -0.05) is 0 Å². The Labute approximate surface area is 334 Å². The molecule has 0 aromatic heterocycles.